The Bertz CT molecular complexity index is 625. The van der Waals surface area contributed by atoms with Gasteiger partial charge in [0.25, 0.3) is 5.69 Å². The number of hydrogen-bond acceptors (Lipinski definition) is 3. The Balaban J connectivity index is 2.52. The van der Waals surface area contributed by atoms with Crippen LogP contribution in [-0.2, 0) is 4.79 Å². The molecule has 20 heavy (non-hydrogen) atoms. The summed E-state index contributed by atoms with van der Waals surface area (Å²) in [4.78, 5) is 21.7. The SMILES string of the molecule is O=C(O)CC(c1ccccc1)c1ccccc1[N+](=O)[O-]. The molecule has 5 nitrogen and oxygen atoms in total. The summed E-state index contributed by atoms with van der Waals surface area (Å²) >= 11 is 0. The van der Waals surface area contributed by atoms with Gasteiger partial charge in [-0.3, -0.25) is 14.9 Å². The fourth-order valence-corrected chi connectivity index (χ4v) is 2.22. The first-order valence-corrected chi connectivity index (χ1v) is 6.09. The zero-order chi connectivity index (χ0) is 14.5. The molecule has 1 atom stereocenters. The number of nitro benzene ring substituents is 1. The number of carbonyl (C=O) groups is 1. The molecule has 0 radical (unpaired) electrons. The highest BCUT2D eigenvalue weighted by Gasteiger charge is 2.25. The molecule has 0 saturated heterocycles. The molecular weight excluding hydrogens is 258 g/mol. The van der Waals surface area contributed by atoms with Gasteiger partial charge in [-0.1, -0.05) is 48.5 Å². The summed E-state index contributed by atoms with van der Waals surface area (Å²) in [5, 5.41) is 20.2. The fourth-order valence-electron chi connectivity index (χ4n) is 2.22. The van der Waals surface area contributed by atoms with Crippen LogP contribution in [-0.4, -0.2) is 16.0 Å². The van der Waals surface area contributed by atoms with Crippen LogP contribution in [0.3, 0.4) is 0 Å². The maximum absolute atomic E-state index is 11.1. The van der Waals surface area contributed by atoms with Crippen molar-refractivity contribution in [2.45, 2.75) is 12.3 Å². The van der Waals surface area contributed by atoms with E-state index in [9.17, 15) is 14.9 Å². The van der Waals surface area contributed by atoms with Gasteiger partial charge in [-0.15, -0.1) is 0 Å². The molecule has 1 N–H and O–H groups in total. The van der Waals surface area contributed by atoms with Gasteiger partial charge < -0.3 is 5.11 Å². The first kappa shape index (κ1) is 13.7. The molecule has 0 aliphatic carbocycles. The molecular formula is C15H13NO4. The summed E-state index contributed by atoms with van der Waals surface area (Å²) in [7, 11) is 0. The third kappa shape index (κ3) is 3.00. The standard InChI is InChI=1S/C15H13NO4/c17-15(18)10-13(11-6-2-1-3-7-11)12-8-4-5-9-14(12)16(19)20/h1-9,13H,10H2,(H,17,18). The maximum Gasteiger partial charge on any atom is 0.304 e. The summed E-state index contributed by atoms with van der Waals surface area (Å²) in [6.07, 6.45) is -0.186. The average Bonchev–Trinajstić information content (AvgIpc) is 2.45. The lowest BCUT2D eigenvalue weighted by Gasteiger charge is -2.15. The van der Waals surface area contributed by atoms with Gasteiger partial charge in [0.05, 0.1) is 11.3 Å². The van der Waals surface area contributed by atoms with Crippen molar-refractivity contribution in [3.05, 3.63) is 75.8 Å². The van der Waals surface area contributed by atoms with Crippen LogP contribution in [0, 0.1) is 10.1 Å². The number of aliphatic carboxylic acids is 1. The molecule has 5 heteroatoms. The molecule has 0 spiro atoms. The van der Waals surface area contributed by atoms with E-state index in [1.165, 1.54) is 6.07 Å². The summed E-state index contributed by atoms with van der Waals surface area (Å²) in [5.41, 5.74) is 1.12. The van der Waals surface area contributed by atoms with E-state index in [0.717, 1.165) is 5.56 Å². The van der Waals surface area contributed by atoms with Crippen molar-refractivity contribution < 1.29 is 14.8 Å². The largest absolute Gasteiger partial charge is 0.481 e. The van der Waals surface area contributed by atoms with E-state index in [2.05, 4.69) is 0 Å². The fraction of sp³-hybridized carbons (Fsp3) is 0.133. The minimum Gasteiger partial charge on any atom is -0.481 e. The van der Waals surface area contributed by atoms with Crippen molar-refractivity contribution in [2.24, 2.45) is 0 Å². The van der Waals surface area contributed by atoms with Crippen LogP contribution >= 0.6 is 0 Å². The van der Waals surface area contributed by atoms with Crippen molar-refractivity contribution in [2.75, 3.05) is 0 Å². The lowest BCUT2D eigenvalue weighted by molar-refractivity contribution is -0.385. The third-order valence-electron chi connectivity index (χ3n) is 3.09. The summed E-state index contributed by atoms with van der Waals surface area (Å²) in [6, 6.07) is 15.2. The number of rotatable bonds is 5. The third-order valence-corrected chi connectivity index (χ3v) is 3.09. The van der Waals surface area contributed by atoms with E-state index >= 15 is 0 Å². The summed E-state index contributed by atoms with van der Waals surface area (Å²) in [5.74, 6) is -1.52. The van der Waals surface area contributed by atoms with Gasteiger partial charge in [-0.2, -0.15) is 0 Å². The van der Waals surface area contributed by atoms with Crippen molar-refractivity contribution in [3.8, 4) is 0 Å². The molecule has 2 aromatic carbocycles. The summed E-state index contributed by atoms with van der Waals surface area (Å²) in [6.45, 7) is 0. The molecule has 0 heterocycles. The van der Waals surface area contributed by atoms with Crippen LogP contribution in [0.15, 0.2) is 54.6 Å². The number of hydrogen-bond donors (Lipinski definition) is 1. The van der Waals surface area contributed by atoms with Crippen LogP contribution < -0.4 is 0 Å². The minimum atomic E-state index is -0.989. The van der Waals surface area contributed by atoms with Crippen LogP contribution in [0.25, 0.3) is 0 Å². The van der Waals surface area contributed by atoms with Crippen molar-refractivity contribution >= 4 is 11.7 Å². The Labute approximate surface area is 115 Å². The average molecular weight is 271 g/mol. The van der Waals surface area contributed by atoms with Gasteiger partial charge >= 0.3 is 5.97 Å². The van der Waals surface area contributed by atoms with Gasteiger partial charge in [0.15, 0.2) is 0 Å². The molecule has 0 aromatic heterocycles. The topological polar surface area (TPSA) is 80.4 Å². The molecule has 0 aliphatic heterocycles. The van der Waals surface area contributed by atoms with E-state index in [0.29, 0.717) is 5.56 Å². The van der Waals surface area contributed by atoms with Crippen molar-refractivity contribution in [1.29, 1.82) is 0 Å². The van der Waals surface area contributed by atoms with E-state index < -0.39 is 16.8 Å². The van der Waals surface area contributed by atoms with Gasteiger partial charge in [0.2, 0.25) is 0 Å². The van der Waals surface area contributed by atoms with Gasteiger partial charge in [-0.05, 0) is 5.56 Å². The monoisotopic (exact) mass is 271 g/mol. The zero-order valence-corrected chi connectivity index (χ0v) is 10.6. The quantitative estimate of drug-likeness (QED) is 0.668. The van der Waals surface area contributed by atoms with Gasteiger partial charge in [0.1, 0.15) is 0 Å². The van der Waals surface area contributed by atoms with Crippen LogP contribution in [0.5, 0.6) is 0 Å². The minimum absolute atomic E-state index is 0.0531. The number of nitrogens with zero attached hydrogens (tertiary/aromatic N) is 1. The Morgan fingerprint density at radius 1 is 1.10 bits per heavy atom. The second-order valence-electron chi connectivity index (χ2n) is 4.38. The molecule has 0 amide bonds. The van der Waals surface area contributed by atoms with Crippen LogP contribution in [0.2, 0.25) is 0 Å². The van der Waals surface area contributed by atoms with E-state index in [4.69, 9.17) is 5.11 Å². The lowest BCUT2D eigenvalue weighted by Crippen LogP contribution is -2.10. The Morgan fingerprint density at radius 2 is 1.70 bits per heavy atom. The number of carboxylic acid groups (broad SMARTS) is 1. The van der Waals surface area contributed by atoms with E-state index in [1.807, 2.05) is 6.07 Å². The molecule has 0 bridgehead atoms. The molecule has 0 saturated carbocycles. The molecule has 2 aromatic rings. The smallest absolute Gasteiger partial charge is 0.304 e. The normalized spacial score (nSPS) is 11.8. The van der Waals surface area contributed by atoms with Gasteiger partial charge in [0, 0.05) is 17.5 Å². The first-order valence-electron chi connectivity index (χ1n) is 6.09. The Hall–Kier alpha value is -2.69. The number of benzene rings is 2. The second kappa shape index (κ2) is 5.97. The Morgan fingerprint density at radius 3 is 2.30 bits per heavy atom. The van der Waals surface area contributed by atoms with Gasteiger partial charge in [-0.25, -0.2) is 0 Å². The molecule has 0 fully saturated rings. The molecule has 2 rings (SSSR count). The predicted molar refractivity (Wildman–Crippen MR) is 73.6 cm³/mol. The number of carboxylic acids is 1. The molecule has 0 aliphatic rings. The van der Waals surface area contributed by atoms with Crippen LogP contribution in [0.1, 0.15) is 23.5 Å². The Kier molecular flexibility index (Phi) is 4.10. The zero-order valence-electron chi connectivity index (χ0n) is 10.6. The van der Waals surface area contributed by atoms with Crippen molar-refractivity contribution in [3.63, 3.8) is 0 Å². The molecule has 1 unspecified atom stereocenters. The van der Waals surface area contributed by atoms with E-state index in [-0.39, 0.29) is 12.1 Å². The first-order chi connectivity index (χ1) is 9.59. The molecule has 102 valence electrons. The highest BCUT2D eigenvalue weighted by molar-refractivity contribution is 5.69. The summed E-state index contributed by atoms with van der Waals surface area (Å²) < 4.78 is 0. The number of para-hydroxylation sites is 1. The highest BCUT2D eigenvalue weighted by Crippen LogP contribution is 2.33. The number of nitro groups is 1. The highest BCUT2D eigenvalue weighted by atomic mass is 16.6. The second-order valence-corrected chi connectivity index (χ2v) is 4.38. The van der Waals surface area contributed by atoms with Crippen molar-refractivity contribution in [1.82, 2.24) is 0 Å². The maximum atomic E-state index is 11.1. The lowest BCUT2D eigenvalue weighted by atomic mass is 9.87. The van der Waals surface area contributed by atoms with Crippen LogP contribution in [0.4, 0.5) is 5.69 Å². The predicted octanol–water partition coefficient (Wildman–Crippen LogP) is 3.20. The van der Waals surface area contributed by atoms with E-state index in [1.54, 1.807) is 42.5 Å².